The number of likely N-dealkylation sites (tertiary alicyclic amines) is 1. The summed E-state index contributed by atoms with van der Waals surface area (Å²) in [4.78, 5) is 16.1. The van der Waals surface area contributed by atoms with Crippen molar-refractivity contribution in [2.24, 2.45) is 0 Å². The van der Waals surface area contributed by atoms with E-state index in [1.807, 2.05) is 18.7 Å². The van der Waals surface area contributed by atoms with Crippen molar-refractivity contribution in [2.75, 3.05) is 6.54 Å². The molecule has 1 fully saturated rings. The molecule has 3 heterocycles. The normalized spacial score (nSPS) is 19.9. The maximum atomic E-state index is 12.7. The molecule has 1 aliphatic heterocycles. The summed E-state index contributed by atoms with van der Waals surface area (Å²) in [6.07, 6.45) is 2.16. The Balaban J connectivity index is 1.68. The molecule has 112 valence electrons. The minimum Gasteiger partial charge on any atom is -0.334 e. The van der Waals surface area contributed by atoms with Gasteiger partial charge in [-0.05, 0) is 38.1 Å². The van der Waals surface area contributed by atoms with Crippen molar-refractivity contribution in [3.63, 3.8) is 0 Å². The molecule has 21 heavy (non-hydrogen) atoms. The van der Waals surface area contributed by atoms with Gasteiger partial charge in [0.1, 0.15) is 5.01 Å². The molecule has 1 saturated heterocycles. The fourth-order valence-corrected chi connectivity index (χ4v) is 5.47. The highest BCUT2D eigenvalue weighted by Gasteiger charge is 2.33. The first-order valence-electron chi connectivity index (χ1n) is 6.96. The average Bonchev–Trinajstić information content (AvgIpc) is 3.18. The van der Waals surface area contributed by atoms with Crippen LogP contribution in [0.25, 0.3) is 0 Å². The lowest BCUT2D eigenvalue weighted by molar-refractivity contribution is -0.131. The third kappa shape index (κ3) is 3.30. The Bertz CT molecular complexity index is 611. The van der Waals surface area contributed by atoms with Crippen LogP contribution >= 0.6 is 34.4 Å². The summed E-state index contributed by atoms with van der Waals surface area (Å²) in [5.41, 5.74) is 0. The van der Waals surface area contributed by atoms with Gasteiger partial charge < -0.3 is 4.90 Å². The van der Waals surface area contributed by atoms with Gasteiger partial charge in [-0.1, -0.05) is 29.2 Å². The zero-order valence-corrected chi connectivity index (χ0v) is 14.4. The number of aromatic nitrogens is 2. The Hall–Kier alpha value is -0.920. The first-order chi connectivity index (χ1) is 10.1. The minimum absolute atomic E-state index is 0.113. The van der Waals surface area contributed by atoms with E-state index in [1.54, 1.807) is 22.7 Å². The van der Waals surface area contributed by atoms with Crippen LogP contribution in [0.3, 0.4) is 0 Å². The molecular formula is C14H17N3OS3. The van der Waals surface area contributed by atoms with Gasteiger partial charge in [0.25, 0.3) is 0 Å². The lowest BCUT2D eigenvalue weighted by Crippen LogP contribution is -2.35. The van der Waals surface area contributed by atoms with E-state index in [-0.39, 0.29) is 17.2 Å². The van der Waals surface area contributed by atoms with E-state index in [9.17, 15) is 4.79 Å². The molecule has 2 aromatic rings. The van der Waals surface area contributed by atoms with Crippen molar-refractivity contribution in [2.45, 2.75) is 42.3 Å². The lowest BCUT2D eigenvalue weighted by atomic mass is 10.2. The molecule has 0 bridgehead atoms. The van der Waals surface area contributed by atoms with Crippen LogP contribution in [0.5, 0.6) is 0 Å². The van der Waals surface area contributed by atoms with Crippen LogP contribution in [0.2, 0.25) is 0 Å². The Kier molecular flexibility index (Phi) is 4.61. The van der Waals surface area contributed by atoms with Crippen molar-refractivity contribution in [3.05, 3.63) is 27.4 Å². The van der Waals surface area contributed by atoms with E-state index in [4.69, 9.17) is 0 Å². The van der Waals surface area contributed by atoms with E-state index in [0.29, 0.717) is 0 Å². The average molecular weight is 340 g/mol. The maximum Gasteiger partial charge on any atom is 0.236 e. The number of rotatable bonds is 4. The summed E-state index contributed by atoms with van der Waals surface area (Å²) in [5, 5.41) is 11.0. The van der Waals surface area contributed by atoms with Crippen LogP contribution in [0.1, 0.15) is 35.7 Å². The van der Waals surface area contributed by atoms with E-state index in [0.717, 1.165) is 28.7 Å². The highest BCUT2D eigenvalue weighted by molar-refractivity contribution is 8.02. The van der Waals surface area contributed by atoms with E-state index in [2.05, 4.69) is 27.7 Å². The summed E-state index contributed by atoms with van der Waals surface area (Å²) in [6.45, 7) is 4.76. The predicted octanol–water partition coefficient (Wildman–Crippen LogP) is 3.75. The summed E-state index contributed by atoms with van der Waals surface area (Å²) in [7, 11) is 0. The first-order valence-corrected chi connectivity index (χ1v) is 9.53. The topological polar surface area (TPSA) is 46.1 Å². The van der Waals surface area contributed by atoms with Gasteiger partial charge in [0, 0.05) is 11.4 Å². The molecule has 0 radical (unpaired) electrons. The van der Waals surface area contributed by atoms with Crippen molar-refractivity contribution < 1.29 is 4.79 Å². The van der Waals surface area contributed by atoms with Crippen LogP contribution in [0, 0.1) is 6.92 Å². The Morgan fingerprint density at radius 1 is 1.52 bits per heavy atom. The molecule has 0 aliphatic carbocycles. The predicted molar refractivity (Wildman–Crippen MR) is 88.0 cm³/mol. The van der Waals surface area contributed by atoms with Crippen LogP contribution in [-0.2, 0) is 4.79 Å². The molecular weight excluding hydrogens is 322 g/mol. The molecule has 0 saturated carbocycles. The van der Waals surface area contributed by atoms with Crippen LogP contribution < -0.4 is 0 Å². The second kappa shape index (κ2) is 6.46. The highest BCUT2D eigenvalue weighted by Crippen LogP contribution is 2.37. The Labute approximate surface area is 136 Å². The van der Waals surface area contributed by atoms with Crippen molar-refractivity contribution in [1.82, 2.24) is 15.1 Å². The van der Waals surface area contributed by atoms with Crippen LogP contribution in [-0.4, -0.2) is 32.8 Å². The number of hydrogen-bond acceptors (Lipinski definition) is 6. The molecule has 0 N–H and O–H groups in total. The van der Waals surface area contributed by atoms with Gasteiger partial charge in [-0.2, -0.15) is 0 Å². The number of nitrogens with zero attached hydrogens (tertiary/aromatic N) is 3. The number of carbonyl (C=O) groups is 1. The number of hydrogen-bond donors (Lipinski definition) is 0. The fourth-order valence-electron chi connectivity index (χ4n) is 2.57. The quantitative estimate of drug-likeness (QED) is 0.796. The van der Waals surface area contributed by atoms with Gasteiger partial charge in [0.05, 0.1) is 11.3 Å². The number of thiophene rings is 1. The fraction of sp³-hybridized carbons (Fsp3) is 0.500. The zero-order chi connectivity index (χ0) is 14.8. The maximum absolute atomic E-state index is 12.7. The third-order valence-electron chi connectivity index (χ3n) is 3.54. The van der Waals surface area contributed by atoms with E-state index >= 15 is 0 Å². The monoisotopic (exact) mass is 339 g/mol. The summed E-state index contributed by atoms with van der Waals surface area (Å²) < 4.78 is 0.875. The number of thioether (sulfide) groups is 1. The standard InChI is InChI=1S/C14H17N3OS3/c1-9(20-14-16-15-10(2)21-14)13(18)17-7-3-5-11(17)12-6-4-8-19-12/h4,6,8-9,11H,3,5,7H2,1-2H3/t9-,11+/m0/s1. The second-order valence-corrected chi connectivity index (χ2v) is 8.80. The minimum atomic E-state index is -0.113. The van der Waals surface area contributed by atoms with Crippen molar-refractivity contribution in [1.29, 1.82) is 0 Å². The zero-order valence-electron chi connectivity index (χ0n) is 12.0. The number of amides is 1. The molecule has 4 nitrogen and oxygen atoms in total. The summed E-state index contributed by atoms with van der Waals surface area (Å²) in [6, 6.07) is 4.45. The number of carbonyl (C=O) groups excluding carboxylic acids is 1. The van der Waals surface area contributed by atoms with Gasteiger partial charge in [0.15, 0.2) is 4.34 Å². The molecule has 2 aromatic heterocycles. The van der Waals surface area contributed by atoms with Crippen LogP contribution in [0.4, 0.5) is 0 Å². The SMILES string of the molecule is Cc1nnc(S[C@@H](C)C(=O)N2CCC[C@@H]2c2cccs2)s1. The molecule has 0 aromatic carbocycles. The van der Waals surface area contributed by atoms with Gasteiger partial charge in [-0.3, -0.25) is 4.79 Å². The van der Waals surface area contributed by atoms with Crippen molar-refractivity contribution >= 4 is 40.3 Å². The molecule has 3 rings (SSSR count). The summed E-state index contributed by atoms with van der Waals surface area (Å²) >= 11 is 4.80. The second-order valence-electron chi connectivity index (χ2n) is 5.05. The first kappa shape index (κ1) is 15.0. The molecule has 7 heteroatoms. The van der Waals surface area contributed by atoms with Gasteiger partial charge in [0.2, 0.25) is 5.91 Å². The van der Waals surface area contributed by atoms with E-state index < -0.39 is 0 Å². The largest absolute Gasteiger partial charge is 0.334 e. The van der Waals surface area contributed by atoms with E-state index in [1.165, 1.54) is 16.6 Å². The molecule has 0 unspecified atom stereocenters. The molecule has 1 amide bonds. The smallest absolute Gasteiger partial charge is 0.236 e. The van der Waals surface area contributed by atoms with Gasteiger partial charge in [-0.15, -0.1) is 21.5 Å². The third-order valence-corrected chi connectivity index (χ3v) is 6.52. The lowest BCUT2D eigenvalue weighted by Gasteiger charge is -2.26. The number of aryl methyl sites for hydroxylation is 1. The highest BCUT2D eigenvalue weighted by atomic mass is 32.2. The molecule has 1 aliphatic rings. The Morgan fingerprint density at radius 3 is 3.05 bits per heavy atom. The molecule has 0 spiro atoms. The summed E-state index contributed by atoms with van der Waals surface area (Å²) in [5.74, 6) is 0.212. The van der Waals surface area contributed by atoms with Gasteiger partial charge >= 0.3 is 0 Å². The van der Waals surface area contributed by atoms with Crippen LogP contribution in [0.15, 0.2) is 21.9 Å². The van der Waals surface area contributed by atoms with Gasteiger partial charge in [-0.25, -0.2) is 0 Å². The van der Waals surface area contributed by atoms with Crippen molar-refractivity contribution in [3.8, 4) is 0 Å². The molecule has 2 atom stereocenters. The Morgan fingerprint density at radius 2 is 2.38 bits per heavy atom.